The molecular formula is C14H25NO3. The summed E-state index contributed by atoms with van der Waals surface area (Å²) in [5, 5.41) is 12.3. The summed E-state index contributed by atoms with van der Waals surface area (Å²) in [7, 11) is 0. The lowest BCUT2D eigenvalue weighted by Crippen LogP contribution is -2.66. The van der Waals surface area contributed by atoms with Gasteiger partial charge in [0, 0.05) is 18.1 Å². The first-order valence-electron chi connectivity index (χ1n) is 7.20. The van der Waals surface area contributed by atoms with Crippen LogP contribution >= 0.6 is 0 Å². The SMILES string of the molecule is CCOC1CC(NC(=O)C(C)O)C12CCCCC2. The monoisotopic (exact) mass is 255 g/mol. The smallest absolute Gasteiger partial charge is 0.248 e. The number of carbonyl (C=O) groups is 1. The van der Waals surface area contributed by atoms with E-state index in [9.17, 15) is 9.90 Å². The third kappa shape index (κ3) is 2.41. The normalized spacial score (nSPS) is 31.7. The second-order valence-corrected chi connectivity index (χ2v) is 5.71. The topological polar surface area (TPSA) is 58.6 Å². The van der Waals surface area contributed by atoms with Gasteiger partial charge in [-0.05, 0) is 33.1 Å². The number of amides is 1. The Bertz CT molecular complexity index is 297. The Kier molecular flexibility index (Phi) is 4.28. The minimum Gasteiger partial charge on any atom is -0.384 e. The predicted octanol–water partition coefficient (Wildman–Crippen LogP) is 1.61. The van der Waals surface area contributed by atoms with Crippen LogP contribution < -0.4 is 5.32 Å². The van der Waals surface area contributed by atoms with E-state index in [1.807, 2.05) is 6.92 Å². The van der Waals surface area contributed by atoms with Crippen molar-refractivity contribution in [1.29, 1.82) is 0 Å². The summed E-state index contributed by atoms with van der Waals surface area (Å²) in [6, 6.07) is 0.191. The van der Waals surface area contributed by atoms with Crippen molar-refractivity contribution in [2.75, 3.05) is 6.61 Å². The zero-order valence-corrected chi connectivity index (χ0v) is 11.4. The first kappa shape index (κ1) is 13.8. The van der Waals surface area contributed by atoms with E-state index in [4.69, 9.17) is 4.74 Å². The summed E-state index contributed by atoms with van der Waals surface area (Å²) < 4.78 is 5.83. The van der Waals surface area contributed by atoms with Crippen LogP contribution in [0, 0.1) is 5.41 Å². The van der Waals surface area contributed by atoms with Crippen LogP contribution in [-0.4, -0.2) is 35.9 Å². The third-order valence-corrected chi connectivity index (χ3v) is 4.63. The maximum Gasteiger partial charge on any atom is 0.248 e. The molecule has 2 saturated carbocycles. The van der Waals surface area contributed by atoms with E-state index in [0.29, 0.717) is 6.10 Å². The largest absolute Gasteiger partial charge is 0.384 e. The van der Waals surface area contributed by atoms with Crippen LogP contribution in [0.4, 0.5) is 0 Å². The first-order valence-corrected chi connectivity index (χ1v) is 7.20. The fourth-order valence-electron chi connectivity index (χ4n) is 3.56. The molecule has 2 fully saturated rings. The molecule has 2 aliphatic carbocycles. The third-order valence-electron chi connectivity index (χ3n) is 4.63. The molecule has 0 bridgehead atoms. The lowest BCUT2D eigenvalue weighted by atomic mass is 9.55. The molecule has 4 nitrogen and oxygen atoms in total. The minimum atomic E-state index is -0.920. The average molecular weight is 255 g/mol. The van der Waals surface area contributed by atoms with Crippen LogP contribution in [0.2, 0.25) is 0 Å². The molecule has 0 heterocycles. The number of hydrogen-bond donors (Lipinski definition) is 2. The summed E-state index contributed by atoms with van der Waals surface area (Å²) in [5.74, 6) is -0.250. The molecule has 3 unspecified atom stereocenters. The highest BCUT2D eigenvalue weighted by atomic mass is 16.5. The second-order valence-electron chi connectivity index (χ2n) is 5.71. The zero-order chi connectivity index (χ0) is 13.2. The molecule has 0 radical (unpaired) electrons. The molecule has 0 aromatic heterocycles. The van der Waals surface area contributed by atoms with Crippen molar-refractivity contribution in [2.45, 2.75) is 70.6 Å². The van der Waals surface area contributed by atoms with E-state index < -0.39 is 6.10 Å². The Hall–Kier alpha value is -0.610. The fourth-order valence-corrected chi connectivity index (χ4v) is 3.56. The fraction of sp³-hybridized carbons (Fsp3) is 0.929. The zero-order valence-electron chi connectivity index (χ0n) is 11.4. The van der Waals surface area contributed by atoms with Crippen molar-refractivity contribution >= 4 is 5.91 Å². The highest BCUT2D eigenvalue weighted by Crippen LogP contribution is 2.53. The van der Waals surface area contributed by atoms with E-state index in [1.165, 1.54) is 26.2 Å². The Morgan fingerprint density at radius 3 is 2.67 bits per heavy atom. The highest BCUT2D eigenvalue weighted by molar-refractivity contribution is 5.80. The molecule has 1 amide bonds. The van der Waals surface area contributed by atoms with Gasteiger partial charge in [0.05, 0.1) is 6.10 Å². The summed E-state index contributed by atoms with van der Waals surface area (Å²) in [5.41, 5.74) is 0.138. The lowest BCUT2D eigenvalue weighted by Gasteiger charge is -2.57. The van der Waals surface area contributed by atoms with Crippen LogP contribution in [0.3, 0.4) is 0 Å². The summed E-state index contributed by atoms with van der Waals surface area (Å²) in [6.45, 7) is 4.28. The quantitative estimate of drug-likeness (QED) is 0.802. The number of rotatable bonds is 4. The number of carbonyl (C=O) groups excluding carboxylic acids is 1. The number of ether oxygens (including phenoxy) is 1. The first-order chi connectivity index (χ1) is 8.60. The predicted molar refractivity (Wildman–Crippen MR) is 69.2 cm³/mol. The molecule has 3 atom stereocenters. The van der Waals surface area contributed by atoms with E-state index in [-0.39, 0.29) is 17.4 Å². The van der Waals surface area contributed by atoms with Gasteiger partial charge in [0.15, 0.2) is 0 Å². The Morgan fingerprint density at radius 2 is 2.11 bits per heavy atom. The van der Waals surface area contributed by atoms with Gasteiger partial charge >= 0.3 is 0 Å². The van der Waals surface area contributed by atoms with Gasteiger partial charge in [0.2, 0.25) is 5.91 Å². The van der Waals surface area contributed by atoms with Gasteiger partial charge in [-0.25, -0.2) is 0 Å². The van der Waals surface area contributed by atoms with Crippen LogP contribution in [0.15, 0.2) is 0 Å². The molecule has 4 heteroatoms. The average Bonchev–Trinajstić information content (AvgIpc) is 2.38. The van der Waals surface area contributed by atoms with Crippen LogP contribution in [-0.2, 0) is 9.53 Å². The van der Waals surface area contributed by atoms with E-state index in [1.54, 1.807) is 0 Å². The number of nitrogens with one attached hydrogen (secondary N) is 1. The number of aliphatic hydroxyl groups excluding tert-OH is 1. The van der Waals surface area contributed by atoms with Gasteiger partial charge in [-0.1, -0.05) is 19.3 Å². The van der Waals surface area contributed by atoms with E-state index >= 15 is 0 Å². The molecule has 0 aromatic carbocycles. The van der Waals surface area contributed by atoms with Gasteiger partial charge < -0.3 is 15.2 Å². The summed E-state index contributed by atoms with van der Waals surface area (Å²) >= 11 is 0. The van der Waals surface area contributed by atoms with E-state index in [0.717, 1.165) is 25.9 Å². The molecule has 0 saturated heterocycles. The van der Waals surface area contributed by atoms with Crippen LogP contribution in [0.25, 0.3) is 0 Å². The van der Waals surface area contributed by atoms with Gasteiger partial charge in [-0.3, -0.25) is 4.79 Å². The summed E-state index contributed by atoms with van der Waals surface area (Å²) in [4.78, 5) is 11.6. The molecule has 18 heavy (non-hydrogen) atoms. The van der Waals surface area contributed by atoms with Gasteiger partial charge in [0.1, 0.15) is 6.10 Å². The van der Waals surface area contributed by atoms with Crippen molar-refractivity contribution in [3.8, 4) is 0 Å². The van der Waals surface area contributed by atoms with E-state index in [2.05, 4.69) is 5.32 Å². The molecule has 2 aliphatic rings. The lowest BCUT2D eigenvalue weighted by molar-refractivity contribution is -0.159. The standard InChI is InChI=1S/C14H25NO3/c1-3-18-12-9-11(15-13(17)10(2)16)14(12)7-5-4-6-8-14/h10-12,16H,3-9H2,1-2H3,(H,15,17). The van der Waals surface area contributed by atoms with Crippen molar-refractivity contribution in [2.24, 2.45) is 5.41 Å². The molecule has 2 N–H and O–H groups in total. The maximum atomic E-state index is 11.6. The second kappa shape index (κ2) is 5.57. The molecular weight excluding hydrogens is 230 g/mol. The molecule has 0 aromatic rings. The van der Waals surface area contributed by atoms with Gasteiger partial charge in [-0.2, -0.15) is 0 Å². The van der Waals surface area contributed by atoms with Crippen molar-refractivity contribution in [3.63, 3.8) is 0 Å². The summed E-state index contributed by atoms with van der Waals surface area (Å²) in [6.07, 6.45) is 6.29. The molecule has 0 aliphatic heterocycles. The minimum absolute atomic E-state index is 0.138. The van der Waals surface area contributed by atoms with Crippen molar-refractivity contribution in [1.82, 2.24) is 5.32 Å². The number of hydrogen-bond acceptors (Lipinski definition) is 3. The maximum absolute atomic E-state index is 11.6. The molecule has 1 spiro atoms. The highest BCUT2D eigenvalue weighted by Gasteiger charge is 2.56. The molecule has 2 rings (SSSR count). The van der Waals surface area contributed by atoms with Crippen LogP contribution in [0.5, 0.6) is 0 Å². The van der Waals surface area contributed by atoms with Crippen molar-refractivity contribution < 1.29 is 14.6 Å². The Morgan fingerprint density at radius 1 is 1.44 bits per heavy atom. The van der Waals surface area contributed by atoms with Crippen LogP contribution in [0.1, 0.15) is 52.4 Å². The molecule has 104 valence electrons. The van der Waals surface area contributed by atoms with Gasteiger partial charge in [0.25, 0.3) is 0 Å². The van der Waals surface area contributed by atoms with Crippen molar-refractivity contribution in [3.05, 3.63) is 0 Å². The Labute approximate surface area is 109 Å². The Balaban J connectivity index is 2.01. The van der Waals surface area contributed by atoms with Gasteiger partial charge in [-0.15, -0.1) is 0 Å². The number of aliphatic hydroxyl groups is 1.